The Balaban J connectivity index is 2.01. The molecule has 0 aromatic carbocycles. The highest BCUT2D eigenvalue weighted by Gasteiger charge is 2.09. The molecule has 0 aliphatic heterocycles. The summed E-state index contributed by atoms with van der Waals surface area (Å²) in [5.41, 5.74) is 2.46. The number of thiophene rings is 1. The minimum atomic E-state index is 0.545. The van der Waals surface area contributed by atoms with Gasteiger partial charge < -0.3 is 15.6 Å². The number of hydrogen-bond donors (Lipinski definition) is 3. The lowest BCUT2D eigenvalue weighted by molar-refractivity contribution is 1.13. The van der Waals surface area contributed by atoms with Crippen molar-refractivity contribution in [3.8, 4) is 0 Å². The molecule has 0 spiro atoms. The average Bonchev–Trinajstić information content (AvgIpc) is 3.00. The van der Waals surface area contributed by atoms with Gasteiger partial charge in [-0.3, -0.25) is 0 Å². The van der Waals surface area contributed by atoms with Gasteiger partial charge in [-0.2, -0.15) is 21.3 Å². The number of imidazole rings is 1. The van der Waals surface area contributed by atoms with E-state index in [9.17, 15) is 0 Å². The van der Waals surface area contributed by atoms with Crippen molar-refractivity contribution < 1.29 is 0 Å². The second kappa shape index (κ2) is 4.61. The van der Waals surface area contributed by atoms with Crippen LogP contribution in [0.4, 0.5) is 17.5 Å². The number of aromatic nitrogens is 4. The summed E-state index contributed by atoms with van der Waals surface area (Å²) in [6.45, 7) is 2.82. The van der Waals surface area contributed by atoms with Gasteiger partial charge in [0, 0.05) is 11.9 Å². The first-order valence-corrected chi connectivity index (χ1v) is 6.55. The maximum Gasteiger partial charge on any atom is 0.231 e. The molecule has 0 saturated heterocycles. The number of nitrogens with zero attached hydrogens (tertiary/aromatic N) is 3. The van der Waals surface area contributed by atoms with Crippen LogP contribution in [0.25, 0.3) is 11.2 Å². The van der Waals surface area contributed by atoms with Crippen molar-refractivity contribution >= 4 is 40.0 Å². The highest BCUT2D eigenvalue weighted by molar-refractivity contribution is 7.08. The Morgan fingerprint density at radius 2 is 2.33 bits per heavy atom. The number of rotatable bonds is 4. The van der Waals surface area contributed by atoms with Crippen LogP contribution in [0.2, 0.25) is 0 Å². The van der Waals surface area contributed by atoms with Crippen LogP contribution in [0.15, 0.2) is 23.2 Å². The summed E-state index contributed by atoms with van der Waals surface area (Å²) in [6.07, 6.45) is 1.62. The molecule has 18 heavy (non-hydrogen) atoms. The molecule has 92 valence electrons. The molecule has 3 heterocycles. The smallest absolute Gasteiger partial charge is 0.231 e. The van der Waals surface area contributed by atoms with Crippen molar-refractivity contribution in [3.05, 3.63) is 23.2 Å². The molecule has 0 atom stereocenters. The Hall–Kier alpha value is -2.15. The summed E-state index contributed by atoms with van der Waals surface area (Å²) < 4.78 is 0. The van der Waals surface area contributed by atoms with Crippen LogP contribution < -0.4 is 10.6 Å². The first kappa shape index (κ1) is 11.0. The van der Waals surface area contributed by atoms with Gasteiger partial charge in [0.25, 0.3) is 0 Å². The van der Waals surface area contributed by atoms with Gasteiger partial charge in [0.2, 0.25) is 5.95 Å². The fourth-order valence-corrected chi connectivity index (χ4v) is 2.24. The van der Waals surface area contributed by atoms with E-state index in [1.54, 1.807) is 17.7 Å². The quantitative estimate of drug-likeness (QED) is 0.672. The lowest BCUT2D eigenvalue weighted by Crippen LogP contribution is -2.04. The van der Waals surface area contributed by atoms with Gasteiger partial charge in [-0.25, -0.2) is 4.98 Å². The van der Waals surface area contributed by atoms with Crippen LogP contribution in [0.5, 0.6) is 0 Å². The number of anilines is 3. The molecule has 0 fully saturated rings. The molecule has 0 unspecified atom stereocenters. The van der Waals surface area contributed by atoms with E-state index in [1.165, 1.54) is 0 Å². The van der Waals surface area contributed by atoms with Crippen LogP contribution in [0.1, 0.15) is 6.92 Å². The van der Waals surface area contributed by atoms with Gasteiger partial charge in [0.1, 0.15) is 5.52 Å². The molecule has 3 N–H and O–H groups in total. The fraction of sp³-hybridized carbons (Fsp3) is 0.182. The van der Waals surface area contributed by atoms with Crippen molar-refractivity contribution in [1.29, 1.82) is 0 Å². The monoisotopic (exact) mass is 260 g/mol. The molecule has 0 amide bonds. The van der Waals surface area contributed by atoms with Crippen molar-refractivity contribution in [2.45, 2.75) is 6.92 Å². The molecule has 3 aromatic heterocycles. The van der Waals surface area contributed by atoms with E-state index in [-0.39, 0.29) is 0 Å². The predicted octanol–water partition coefficient (Wildman–Crippen LogP) is 2.59. The lowest BCUT2D eigenvalue weighted by Gasteiger charge is -2.06. The first-order chi connectivity index (χ1) is 8.86. The molecule has 0 aliphatic carbocycles. The van der Waals surface area contributed by atoms with E-state index in [0.717, 1.165) is 23.6 Å². The van der Waals surface area contributed by atoms with E-state index < -0.39 is 0 Å². The molecule has 3 aromatic rings. The molecule has 0 radical (unpaired) electrons. The largest absolute Gasteiger partial charge is 0.368 e. The standard InChI is InChI=1S/C11H12N6S/c1-2-12-9-8-10(14-6-13-8)17-11(16-9)15-7-3-4-18-5-7/h3-6H,2H2,1H3,(H3,12,13,14,15,16,17). The average molecular weight is 260 g/mol. The number of hydrogen-bond acceptors (Lipinski definition) is 6. The SMILES string of the molecule is CCNc1nc(Nc2ccsc2)nc2nc[nH]c12. The second-order valence-electron chi connectivity index (χ2n) is 3.66. The third-order valence-electron chi connectivity index (χ3n) is 2.41. The van der Waals surface area contributed by atoms with E-state index in [0.29, 0.717) is 11.6 Å². The zero-order chi connectivity index (χ0) is 12.4. The molecule has 3 rings (SSSR count). The number of fused-ring (bicyclic) bond motifs is 1. The Morgan fingerprint density at radius 3 is 3.11 bits per heavy atom. The lowest BCUT2D eigenvalue weighted by atomic mass is 10.4. The zero-order valence-electron chi connectivity index (χ0n) is 9.77. The summed E-state index contributed by atoms with van der Waals surface area (Å²) in [4.78, 5) is 16.0. The van der Waals surface area contributed by atoms with Crippen molar-refractivity contribution in [2.75, 3.05) is 17.2 Å². The van der Waals surface area contributed by atoms with Gasteiger partial charge in [0.15, 0.2) is 11.5 Å². The highest BCUT2D eigenvalue weighted by atomic mass is 32.1. The molecule has 0 bridgehead atoms. The zero-order valence-corrected chi connectivity index (χ0v) is 10.6. The maximum atomic E-state index is 4.44. The van der Waals surface area contributed by atoms with Gasteiger partial charge >= 0.3 is 0 Å². The summed E-state index contributed by atoms with van der Waals surface area (Å²) in [7, 11) is 0. The third-order valence-corrected chi connectivity index (χ3v) is 3.09. The van der Waals surface area contributed by atoms with Crippen LogP contribution in [0.3, 0.4) is 0 Å². The molecule has 0 aliphatic rings. The minimum Gasteiger partial charge on any atom is -0.368 e. The summed E-state index contributed by atoms with van der Waals surface area (Å²) in [5.74, 6) is 1.31. The number of nitrogens with one attached hydrogen (secondary N) is 3. The van der Waals surface area contributed by atoms with Crippen LogP contribution in [-0.2, 0) is 0 Å². The van der Waals surface area contributed by atoms with E-state index in [1.807, 2.05) is 23.8 Å². The number of H-pyrrole nitrogens is 1. The van der Waals surface area contributed by atoms with Crippen LogP contribution >= 0.6 is 11.3 Å². The predicted molar refractivity (Wildman–Crippen MR) is 73.4 cm³/mol. The van der Waals surface area contributed by atoms with Gasteiger partial charge in [-0.05, 0) is 18.4 Å². The van der Waals surface area contributed by atoms with Gasteiger partial charge in [-0.15, -0.1) is 0 Å². The van der Waals surface area contributed by atoms with Crippen molar-refractivity contribution in [2.24, 2.45) is 0 Å². The maximum absolute atomic E-state index is 4.44. The summed E-state index contributed by atoms with van der Waals surface area (Å²) >= 11 is 1.62. The molecule has 6 nitrogen and oxygen atoms in total. The van der Waals surface area contributed by atoms with E-state index in [2.05, 4.69) is 30.6 Å². The van der Waals surface area contributed by atoms with Crippen LogP contribution in [0, 0.1) is 0 Å². The van der Waals surface area contributed by atoms with Crippen LogP contribution in [-0.4, -0.2) is 26.5 Å². The molecule has 0 saturated carbocycles. The Morgan fingerprint density at radius 1 is 1.39 bits per heavy atom. The second-order valence-corrected chi connectivity index (χ2v) is 4.44. The Labute approximate surface area is 108 Å². The Bertz CT molecular complexity index is 645. The van der Waals surface area contributed by atoms with Gasteiger partial charge in [0.05, 0.1) is 12.0 Å². The fourth-order valence-electron chi connectivity index (χ4n) is 1.65. The van der Waals surface area contributed by atoms with E-state index in [4.69, 9.17) is 0 Å². The molecular formula is C11H12N6S. The van der Waals surface area contributed by atoms with Crippen molar-refractivity contribution in [1.82, 2.24) is 19.9 Å². The highest BCUT2D eigenvalue weighted by Crippen LogP contribution is 2.21. The topological polar surface area (TPSA) is 78.5 Å². The Kier molecular flexibility index (Phi) is 2.81. The minimum absolute atomic E-state index is 0.545. The van der Waals surface area contributed by atoms with Gasteiger partial charge in [-0.1, -0.05) is 0 Å². The number of aromatic amines is 1. The third kappa shape index (κ3) is 2.00. The normalized spacial score (nSPS) is 10.7. The first-order valence-electron chi connectivity index (χ1n) is 5.61. The summed E-state index contributed by atoms with van der Waals surface area (Å²) in [5, 5.41) is 10.4. The van der Waals surface area contributed by atoms with E-state index >= 15 is 0 Å². The summed E-state index contributed by atoms with van der Waals surface area (Å²) in [6, 6.07) is 1.98. The molecule has 7 heteroatoms. The molecular weight excluding hydrogens is 248 g/mol. The van der Waals surface area contributed by atoms with Crippen molar-refractivity contribution in [3.63, 3.8) is 0 Å².